The van der Waals surface area contributed by atoms with Crippen molar-refractivity contribution in [3.63, 3.8) is 0 Å². The van der Waals surface area contributed by atoms with Gasteiger partial charge in [-0.3, -0.25) is 9.67 Å². The molecule has 9 nitrogen and oxygen atoms in total. The third-order valence-electron chi connectivity index (χ3n) is 5.01. The van der Waals surface area contributed by atoms with Gasteiger partial charge in [0.2, 0.25) is 0 Å². The second kappa shape index (κ2) is 11.6. The molecule has 0 aliphatic carbocycles. The number of fused-ring (bicyclic) bond motifs is 1. The first-order valence-electron chi connectivity index (χ1n) is 10.5. The zero-order valence-corrected chi connectivity index (χ0v) is 21.0. The molecular formula is C20H35IN8O. The highest BCUT2D eigenvalue weighted by Crippen LogP contribution is 2.13. The zero-order valence-electron chi connectivity index (χ0n) is 18.7. The van der Waals surface area contributed by atoms with E-state index in [-0.39, 0.29) is 30.0 Å². The first-order valence-corrected chi connectivity index (χ1v) is 10.5. The molecule has 0 saturated heterocycles. The van der Waals surface area contributed by atoms with Crippen LogP contribution in [0.15, 0.2) is 11.1 Å². The summed E-state index contributed by atoms with van der Waals surface area (Å²) in [7, 11) is 1.67. The number of halogens is 1. The van der Waals surface area contributed by atoms with Crippen molar-refractivity contribution in [3.05, 3.63) is 29.1 Å². The summed E-state index contributed by atoms with van der Waals surface area (Å²) in [6.07, 6.45) is 1.92. The van der Waals surface area contributed by atoms with Gasteiger partial charge in [-0.25, -0.2) is 9.67 Å². The summed E-state index contributed by atoms with van der Waals surface area (Å²) in [6, 6.07) is 2.39. The van der Waals surface area contributed by atoms with E-state index in [9.17, 15) is 0 Å². The lowest BCUT2D eigenvalue weighted by atomic mass is 10.1. The van der Waals surface area contributed by atoms with Gasteiger partial charge in [0.25, 0.3) is 0 Å². The molecule has 0 radical (unpaired) electrons. The smallest absolute Gasteiger partial charge is 0.191 e. The van der Waals surface area contributed by atoms with Crippen molar-refractivity contribution in [3.8, 4) is 0 Å². The number of aliphatic imine (C=N–C) groups is 1. The van der Waals surface area contributed by atoms with E-state index in [0.29, 0.717) is 12.5 Å². The first kappa shape index (κ1) is 24.6. The van der Waals surface area contributed by atoms with Crippen molar-refractivity contribution in [2.45, 2.75) is 66.3 Å². The predicted octanol–water partition coefficient (Wildman–Crippen LogP) is 2.06. The van der Waals surface area contributed by atoms with Crippen LogP contribution in [0.5, 0.6) is 0 Å². The lowest BCUT2D eigenvalue weighted by molar-refractivity contribution is 0.177. The van der Waals surface area contributed by atoms with Gasteiger partial charge in [0.15, 0.2) is 11.8 Å². The predicted molar refractivity (Wildman–Crippen MR) is 128 cm³/mol. The van der Waals surface area contributed by atoms with Crippen LogP contribution in [0.3, 0.4) is 0 Å². The van der Waals surface area contributed by atoms with E-state index >= 15 is 0 Å². The second-order valence-electron chi connectivity index (χ2n) is 7.87. The van der Waals surface area contributed by atoms with Crippen LogP contribution in [-0.4, -0.2) is 56.7 Å². The highest BCUT2D eigenvalue weighted by atomic mass is 127. The quantitative estimate of drug-likeness (QED) is 0.309. The fraction of sp³-hybridized carbons (Fsp3) is 0.700. The van der Waals surface area contributed by atoms with Gasteiger partial charge in [-0.1, -0.05) is 6.92 Å². The lowest BCUT2D eigenvalue weighted by Gasteiger charge is -2.25. The van der Waals surface area contributed by atoms with E-state index in [1.54, 1.807) is 7.11 Å². The molecule has 0 spiro atoms. The van der Waals surface area contributed by atoms with E-state index in [1.165, 1.54) is 5.69 Å². The number of hydrogen-bond donors (Lipinski definition) is 2. The van der Waals surface area contributed by atoms with Crippen LogP contribution >= 0.6 is 24.0 Å². The molecule has 1 aliphatic heterocycles. The summed E-state index contributed by atoms with van der Waals surface area (Å²) in [6.45, 7) is 12.1. The minimum atomic E-state index is 0. The number of aryl methyl sites for hydroxylation is 3. The Labute approximate surface area is 196 Å². The summed E-state index contributed by atoms with van der Waals surface area (Å²) in [4.78, 5) is 9.36. The van der Waals surface area contributed by atoms with Crippen LogP contribution in [-0.2, 0) is 30.9 Å². The molecule has 3 rings (SSSR count). The van der Waals surface area contributed by atoms with Gasteiger partial charge in [-0.05, 0) is 39.2 Å². The maximum absolute atomic E-state index is 5.15. The van der Waals surface area contributed by atoms with Crippen molar-refractivity contribution in [2.24, 2.45) is 10.9 Å². The van der Waals surface area contributed by atoms with Gasteiger partial charge in [-0.2, -0.15) is 10.2 Å². The summed E-state index contributed by atoms with van der Waals surface area (Å²) in [5.74, 6) is 3.05. The molecule has 0 saturated carbocycles. The van der Waals surface area contributed by atoms with Crippen LogP contribution in [0.4, 0.5) is 0 Å². The molecule has 2 N–H and O–H groups in total. The van der Waals surface area contributed by atoms with E-state index in [4.69, 9.17) is 9.73 Å². The summed E-state index contributed by atoms with van der Waals surface area (Å²) >= 11 is 0. The third-order valence-corrected chi connectivity index (χ3v) is 5.01. The fourth-order valence-electron chi connectivity index (χ4n) is 3.64. The number of ether oxygens (including phenoxy) is 1. The number of methoxy groups -OCH3 is 1. The molecule has 2 aromatic heterocycles. The van der Waals surface area contributed by atoms with E-state index < -0.39 is 0 Å². The van der Waals surface area contributed by atoms with Gasteiger partial charge in [0, 0.05) is 44.9 Å². The van der Waals surface area contributed by atoms with Crippen LogP contribution in [0.1, 0.15) is 43.3 Å². The molecule has 0 bridgehead atoms. The topological polar surface area (TPSA) is 94.2 Å². The normalized spacial score (nSPS) is 17.2. The van der Waals surface area contributed by atoms with Gasteiger partial charge < -0.3 is 15.4 Å². The minimum absolute atomic E-state index is 0. The molecule has 2 unspecified atom stereocenters. The monoisotopic (exact) mass is 530 g/mol. The maximum atomic E-state index is 5.15. The third kappa shape index (κ3) is 6.66. The molecule has 0 amide bonds. The number of nitrogens with zero attached hydrogens (tertiary/aromatic N) is 6. The highest BCUT2D eigenvalue weighted by molar-refractivity contribution is 14.0. The molecule has 0 aromatic carbocycles. The Kier molecular flexibility index (Phi) is 9.53. The molecule has 1 aliphatic rings. The van der Waals surface area contributed by atoms with Gasteiger partial charge >= 0.3 is 0 Å². The van der Waals surface area contributed by atoms with Gasteiger partial charge in [0.1, 0.15) is 12.4 Å². The van der Waals surface area contributed by atoms with Crippen LogP contribution in [0, 0.1) is 19.8 Å². The van der Waals surface area contributed by atoms with Crippen LogP contribution in [0.2, 0.25) is 0 Å². The Balaban J connectivity index is 0.00000320. The Morgan fingerprint density at radius 2 is 2.17 bits per heavy atom. The van der Waals surface area contributed by atoms with Gasteiger partial charge in [0.05, 0.1) is 12.2 Å². The number of guanidine groups is 1. The van der Waals surface area contributed by atoms with E-state index in [1.807, 2.05) is 11.6 Å². The van der Waals surface area contributed by atoms with Crippen LogP contribution in [0.25, 0.3) is 0 Å². The van der Waals surface area contributed by atoms with Crippen LogP contribution < -0.4 is 10.6 Å². The molecule has 2 atom stereocenters. The molecule has 3 heterocycles. The number of nitrogens with one attached hydrogen (secondary N) is 2. The number of rotatable bonds is 8. The Morgan fingerprint density at radius 3 is 2.83 bits per heavy atom. The highest BCUT2D eigenvalue weighted by Gasteiger charge is 2.22. The molecule has 10 heteroatoms. The Hall–Kier alpha value is -1.69. The maximum Gasteiger partial charge on any atom is 0.191 e. The first-order chi connectivity index (χ1) is 14.0. The molecular weight excluding hydrogens is 495 g/mol. The summed E-state index contributed by atoms with van der Waals surface area (Å²) in [5, 5.41) is 16.0. The molecule has 2 aromatic rings. The zero-order chi connectivity index (χ0) is 20.8. The molecule has 30 heavy (non-hydrogen) atoms. The molecule has 0 fully saturated rings. The average Bonchev–Trinajstić information content (AvgIpc) is 3.21. The Bertz CT molecular complexity index is 831. The minimum Gasteiger partial charge on any atom is -0.377 e. The van der Waals surface area contributed by atoms with E-state index in [0.717, 1.165) is 62.3 Å². The van der Waals surface area contributed by atoms with Crippen molar-refractivity contribution >= 4 is 29.9 Å². The van der Waals surface area contributed by atoms with Gasteiger partial charge in [-0.15, -0.1) is 24.0 Å². The number of aromatic nitrogens is 5. The largest absolute Gasteiger partial charge is 0.377 e. The van der Waals surface area contributed by atoms with E-state index in [2.05, 4.69) is 57.3 Å². The van der Waals surface area contributed by atoms with Crippen molar-refractivity contribution in [2.75, 3.05) is 20.2 Å². The average molecular weight is 530 g/mol. The number of hydrogen-bond acceptors (Lipinski definition) is 5. The van der Waals surface area contributed by atoms with Crippen molar-refractivity contribution < 1.29 is 4.74 Å². The van der Waals surface area contributed by atoms with Crippen molar-refractivity contribution in [1.29, 1.82) is 0 Å². The fourth-order valence-corrected chi connectivity index (χ4v) is 3.64. The summed E-state index contributed by atoms with van der Waals surface area (Å²) < 4.78 is 9.21. The Morgan fingerprint density at radius 1 is 1.37 bits per heavy atom. The molecule has 168 valence electrons. The van der Waals surface area contributed by atoms with Crippen molar-refractivity contribution in [1.82, 2.24) is 35.2 Å². The standard InChI is InChI=1S/C20H34N8O.HI/c1-6-21-20(22-10-14(2)11-27-16(4)9-15(3)25-27)23-17-7-8-19-24-18(13-29-5)26-28(19)12-17;/h9,14,17H,6-8,10-13H2,1-5H3,(H2,21,22,23);1H. The SMILES string of the molecule is CCNC(=NCC(C)Cn1nc(C)cc1C)NC1CCc2nc(COC)nn2C1.I. The second-order valence-corrected chi connectivity index (χ2v) is 7.87. The lowest BCUT2D eigenvalue weighted by Crippen LogP contribution is -2.47. The summed E-state index contributed by atoms with van der Waals surface area (Å²) in [5.41, 5.74) is 2.26.